The zero-order chi connectivity index (χ0) is 29.2. The van der Waals surface area contributed by atoms with Crippen LogP contribution in [0.25, 0.3) is 40.1 Å². The van der Waals surface area contributed by atoms with E-state index in [1.807, 2.05) is 78.5 Å². The molecule has 0 radical (unpaired) electrons. The number of fused-ring (bicyclic) bond motifs is 1. The van der Waals surface area contributed by atoms with E-state index in [1.54, 1.807) is 13.2 Å². The molecule has 6 aromatic rings. The normalized spacial score (nSPS) is 12.0. The van der Waals surface area contributed by atoms with E-state index in [2.05, 4.69) is 42.1 Å². The van der Waals surface area contributed by atoms with Gasteiger partial charge in [-0.3, -0.25) is 4.79 Å². The maximum Gasteiger partial charge on any atom is 0.291 e. The molecule has 0 unspecified atom stereocenters. The number of hydrogen-bond acceptors (Lipinski definition) is 7. The summed E-state index contributed by atoms with van der Waals surface area (Å²) in [7, 11) is 1.61. The number of rotatable bonds is 8. The van der Waals surface area contributed by atoms with Crippen molar-refractivity contribution in [3.63, 3.8) is 0 Å². The van der Waals surface area contributed by atoms with Gasteiger partial charge in [0, 0.05) is 17.3 Å². The minimum Gasteiger partial charge on any atom is -0.493 e. The lowest BCUT2D eigenvalue weighted by molar-refractivity contribution is 0.311. The Hall–Kier alpha value is -5.02. The molecule has 42 heavy (non-hydrogen) atoms. The lowest BCUT2D eigenvalue weighted by Crippen LogP contribution is -2.23. The molecule has 0 aliphatic heterocycles. The first-order valence-corrected chi connectivity index (χ1v) is 14.4. The van der Waals surface area contributed by atoms with E-state index in [9.17, 15) is 4.79 Å². The van der Waals surface area contributed by atoms with Gasteiger partial charge in [-0.05, 0) is 74.4 Å². The molecule has 9 heteroatoms. The molecule has 3 aromatic heterocycles. The molecule has 0 atom stereocenters. The third kappa shape index (κ3) is 5.34. The van der Waals surface area contributed by atoms with Crippen molar-refractivity contribution in [2.45, 2.75) is 20.8 Å². The summed E-state index contributed by atoms with van der Waals surface area (Å²) in [5, 5.41) is 9.40. The van der Waals surface area contributed by atoms with Gasteiger partial charge >= 0.3 is 0 Å². The second kappa shape index (κ2) is 11.5. The van der Waals surface area contributed by atoms with Crippen LogP contribution in [0.3, 0.4) is 0 Å². The Kier molecular flexibility index (Phi) is 7.41. The van der Waals surface area contributed by atoms with E-state index >= 15 is 0 Å². The summed E-state index contributed by atoms with van der Waals surface area (Å²) >= 11 is 1.30. The molecule has 0 N–H and O–H groups in total. The number of thiazole rings is 1. The molecule has 0 spiro atoms. The van der Waals surface area contributed by atoms with Gasteiger partial charge in [0.05, 0.1) is 23.9 Å². The zero-order valence-electron chi connectivity index (χ0n) is 23.7. The molecule has 0 saturated carbocycles. The van der Waals surface area contributed by atoms with Crippen LogP contribution in [0.15, 0.2) is 77.7 Å². The molecule has 0 aliphatic rings. The van der Waals surface area contributed by atoms with Gasteiger partial charge in [-0.25, -0.2) is 4.68 Å². The maximum absolute atomic E-state index is 13.4. The molecule has 0 aliphatic carbocycles. The van der Waals surface area contributed by atoms with Crippen LogP contribution in [0.1, 0.15) is 35.0 Å². The second-order valence-electron chi connectivity index (χ2n) is 9.79. The Morgan fingerprint density at radius 1 is 0.952 bits per heavy atom. The SMILES string of the molecule is CCOc1ccc(/C=C/c2nc3s/c(=C\c4cn(-c5ccccc5)nc4-c4cc(C)ccc4C)c(=O)n3n2)cc1OC. The number of aryl methyl sites for hydroxylation is 2. The Morgan fingerprint density at radius 3 is 2.55 bits per heavy atom. The Bertz CT molecular complexity index is 2040. The Balaban J connectivity index is 1.37. The van der Waals surface area contributed by atoms with E-state index in [0.29, 0.717) is 33.4 Å². The van der Waals surface area contributed by atoms with Crippen LogP contribution >= 0.6 is 11.3 Å². The van der Waals surface area contributed by atoms with Crippen LogP contribution in [0.4, 0.5) is 0 Å². The maximum atomic E-state index is 13.4. The number of para-hydroxylation sites is 1. The summed E-state index contributed by atoms with van der Waals surface area (Å²) < 4.78 is 14.8. The largest absolute Gasteiger partial charge is 0.493 e. The molecule has 0 fully saturated rings. The van der Waals surface area contributed by atoms with Crippen LogP contribution in [0.5, 0.6) is 11.5 Å². The van der Waals surface area contributed by atoms with E-state index in [4.69, 9.17) is 14.6 Å². The first-order chi connectivity index (χ1) is 20.4. The van der Waals surface area contributed by atoms with Crippen LogP contribution < -0.4 is 19.6 Å². The zero-order valence-corrected chi connectivity index (χ0v) is 24.6. The summed E-state index contributed by atoms with van der Waals surface area (Å²) in [4.78, 5) is 18.5. The highest BCUT2D eigenvalue weighted by atomic mass is 32.1. The average molecular weight is 576 g/mol. The summed E-state index contributed by atoms with van der Waals surface area (Å²) in [6.07, 6.45) is 7.50. The number of hydrogen-bond donors (Lipinski definition) is 0. The van der Waals surface area contributed by atoms with E-state index in [1.165, 1.54) is 15.9 Å². The fourth-order valence-electron chi connectivity index (χ4n) is 4.70. The van der Waals surface area contributed by atoms with Crippen LogP contribution in [-0.4, -0.2) is 38.1 Å². The van der Waals surface area contributed by atoms with Crippen molar-refractivity contribution in [1.82, 2.24) is 24.4 Å². The molecule has 210 valence electrons. The lowest BCUT2D eigenvalue weighted by atomic mass is 10.0. The van der Waals surface area contributed by atoms with Gasteiger partial charge in [0.15, 0.2) is 17.3 Å². The number of ether oxygens (including phenoxy) is 2. The predicted molar refractivity (Wildman–Crippen MR) is 167 cm³/mol. The third-order valence-electron chi connectivity index (χ3n) is 6.81. The summed E-state index contributed by atoms with van der Waals surface area (Å²) in [6.45, 7) is 6.62. The van der Waals surface area contributed by atoms with E-state index < -0.39 is 0 Å². The smallest absolute Gasteiger partial charge is 0.291 e. The van der Waals surface area contributed by atoms with E-state index in [-0.39, 0.29) is 5.56 Å². The highest BCUT2D eigenvalue weighted by Crippen LogP contribution is 2.29. The fourth-order valence-corrected chi connectivity index (χ4v) is 5.61. The predicted octanol–water partition coefficient (Wildman–Crippen LogP) is 5.75. The molecular formula is C33H29N5O3S. The van der Waals surface area contributed by atoms with Gasteiger partial charge in [-0.15, -0.1) is 5.10 Å². The molecule has 0 amide bonds. The summed E-state index contributed by atoms with van der Waals surface area (Å²) in [5.41, 5.74) is 6.56. The fraction of sp³-hybridized carbons (Fsp3) is 0.152. The standard InChI is InChI=1S/C33H29N5O3S/c1-5-41-27-15-13-23(18-28(27)40-4)14-16-30-34-33-38(35-30)32(39)29(42-33)19-24-20-37(25-9-7-6-8-10-25)36-31(24)26-17-21(2)11-12-22(26)3/h6-20H,5H2,1-4H3/b16-14+,29-19-. The van der Waals surface area contributed by atoms with Gasteiger partial charge in [0.2, 0.25) is 4.96 Å². The quantitative estimate of drug-likeness (QED) is 0.230. The van der Waals surface area contributed by atoms with Gasteiger partial charge in [-0.2, -0.15) is 14.6 Å². The summed E-state index contributed by atoms with van der Waals surface area (Å²) in [6, 6.07) is 21.9. The van der Waals surface area contributed by atoms with Crippen LogP contribution in [0.2, 0.25) is 0 Å². The molecule has 0 bridgehead atoms. The number of benzene rings is 3. The van der Waals surface area contributed by atoms with Crippen molar-refractivity contribution in [3.8, 4) is 28.4 Å². The topological polar surface area (TPSA) is 83.5 Å². The molecular weight excluding hydrogens is 546 g/mol. The highest BCUT2D eigenvalue weighted by Gasteiger charge is 2.15. The molecule has 0 saturated heterocycles. The van der Waals surface area contributed by atoms with Gasteiger partial charge < -0.3 is 9.47 Å². The van der Waals surface area contributed by atoms with Gasteiger partial charge in [0.1, 0.15) is 5.69 Å². The molecule has 8 nitrogen and oxygen atoms in total. The van der Waals surface area contributed by atoms with Crippen molar-refractivity contribution in [3.05, 3.63) is 116 Å². The van der Waals surface area contributed by atoms with Crippen molar-refractivity contribution in [2.75, 3.05) is 13.7 Å². The first kappa shape index (κ1) is 27.2. The Labute approximate surface area is 246 Å². The Morgan fingerprint density at radius 2 is 1.79 bits per heavy atom. The van der Waals surface area contributed by atoms with Gasteiger partial charge in [-0.1, -0.05) is 59.4 Å². The van der Waals surface area contributed by atoms with Crippen molar-refractivity contribution < 1.29 is 9.47 Å². The summed E-state index contributed by atoms with van der Waals surface area (Å²) in [5.74, 6) is 1.79. The van der Waals surface area contributed by atoms with Crippen LogP contribution in [-0.2, 0) is 0 Å². The highest BCUT2D eigenvalue weighted by molar-refractivity contribution is 7.15. The van der Waals surface area contributed by atoms with E-state index in [0.717, 1.165) is 39.2 Å². The number of methoxy groups -OCH3 is 1. The average Bonchev–Trinajstić information content (AvgIpc) is 3.69. The van der Waals surface area contributed by atoms with Crippen molar-refractivity contribution in [2.24, 2.45) is 0 Å². The third-order valence-corrected chi connectivity index (χ3v) is 7.77. The van der Waals surface area contributed by atoms with Crippen molar-refractivity contribution >= 4 is 34.5 Å². The van der Waals surface area contributed by atoms with Gasteiger partial charge in [0.25, 0.3) is 5.56 Å². The number of aromatic nitrogens is 5. The number of nitrogens with zero attached hydrogens (tertiary/aromatic N) is 5. The molecule has 6 rings (SSSR count). The minimum atomic E-state index is -0.218. The minimum absolute atomic E-state index is 0.218. The monoisotopic (exact) mass is 575 g/mol. The van der Waals surface area contributed by atoms with Crippen molar-refractivity contribution in [1.29, 1.82) is 0 Å². The first-order valence-electron chi connectivity index (χ1n) is 13.6. The molecule has 3 aromatic carbocycles. The van der Waals surface area contributed by atoms with Crippen LogP contribution in [0, 0.1) is 13.8 Å². The lowest BCUT2D eigenvalue weighted by Gasteiger charge is -2.09. The molecule has 3 heterocycles. The second-order valence-corrected chi connectivity index (χ2v) is 10.8.